The van der Waals surface area contributed by atoms with Crippen LogP contribution in [0.4, 0.5) is 0 Å². The summed E-state index contributed by atoms with van der Waals surface area (Å²) in [7, 11) is 0. The van der Waals surface area contributed by atoms with Gasteiger partial charge in [-0.25, -0.2) is 0 Å². The van der Waals surface area contributed by atoms with Crippen LogP contribution in [0.15, 0.2) is 24.3 Å². The molecule has 1 aromatic rings. The highest BCUT2D eigenvalue weighted by Gasteiger charge is 2.25. The fourth-order valence-electron chi connectivity index (χ4n) is 1.78. The van der Waals surface area contributed by atoms with Crippen LogP contribution < -0.4 is 5.73 Å². The van der Waals surface area contributed by atoms with Crippen molar-refractivity contribution in [2.75, 3.05) is 13.1 Å². The Morgan fingerprint density at radius 1 is 1.47 bits per heavy atom. The third kappa shape index (κ3) is 2.13. The number of likely N-dealkylation sites (tertiary alicyclic amines) is 1. The fraction of sp³-hybridized carbons (Fsp3) is 0.364. The van der Waals surface area contributed by atoms with E-state index >= 15 is 0 Å². The van der Waals surface area contributed by atoms with Crippen molar-refractivity contribution in [1.29, 1.82) is 0 Å². The van der Waals surface area contributed by atoms with E-state index in [4.69, 9.17) is 17.3 Å². The third-order valence-electron chi connectivity index (χ3n) is 2.62. The molecule has 0 bridgehead atoms. The van der Waals surface area contributed by atoms with Crippen LogP contribution in [0.5, 0.6) is 0 Å². The monoisotopic (exact) mass is 224 g/mol. The molecule has 0 unspecified atom stereocenters. The average Bonchev–Trinajstić information content (AvgIpc) is 2.65. The molecule has 0 aliphatic carbocycles. The number of rotatable bonds is 1. The van der Waals surface area contributed by atoms with E-state index in [1.165, 1.54) is 0 Å². The first-order chi connectivity index (χ1) is 7.18. The first-order valence-corrected chi connectivity index (χ1v) is 5.35. The summed E-state index contributed by atoms with van der Waals surface area (Å²) in [5, 5.41) is 0.503. The topological polar surface area (TPSA) is 46.3 Å². The molecular weight excluding hydrogens is 212 g/mol. The molecule has 1 heterocycles. The Bertz CT molecular complexity index is 381. The molecule has 1 fully saturated rings. The van der Waals surface area contributed by atoms with Gasteiger partial charge < -0.3 is 10.6 Å². The highest BCUT2D eigenvalue weighted by molar-refractivity contribution is 6.33. The number of carbonyl (C=O) groups is 1. The largest absolute Gasteiger partial charge is 0.337 e. The van der Waals surface area contributed by atoms with Gasteiger partial charge in [-0.3, -0.25) is 4.79 Å². The van der Waals surface area contributed by atoms with Crippen LogP contribution in [-0.4, -0.2) is 29.9 Å². The van der Waals surface area contributed by atoms with Crippen molar-refractivity contribution in [1.82, 2.24) is 4.90 Å². The Kier molecular flexibility index (Phi) is 2.93. The van der Waals surface area contributed by atoms with E-state index in [1.807, 2.05) is 12.1 Å². The lowest BCUT2D eigenvalue weighted by atomic mass is 10.2. The van der Waals surface area contributed by atoms with Gasteiger partial charge in [-0.05, 0) is 18.6 Å². The molecule has 0 saturated carbocycles. The normalized spacial score (nSPS) is 20.7. The van der Waals surface area contributed by atoms with Crippen LogP contribution in [0.1, 0.15) is 16.8 Å². The summed E-state index contributed by atoms with van der Waals surface area (Å²) in [5.41, 5.74) is 6.32. The van der Waals surface area contributed by atoms with Crippen LogP contribution >= 0.6 is 11.6 Å². The van der Waals surface area contributed by atoms with Crippen molar-refractivity contribution in [3.63, 3.8) is 0 Å². The number of amides is 1. The molecular formula is C11H13ClN2O. The van der Waals surface area contributed by atoms with Crippen molar-refractivity contribution in [3.05, 3.63) is 34.9 Å². The third-order valence-corrected chi connectivity index (χ3v) is 2.95. The Hall–Kier alpha value is -1.06. The molecule has 1 aromatic carbocycles. The highest BCUT2D eigenvalue weighted by Crippen LogP contribution is 2.19. The Morgan fingerprint density at radius 3 is 2.80 bits per heavy atom. The summed E-state index contributed by atoms with van der Waals surface area (Å²) in [5.74, 6) is -0.0199. The van der Waals surface area contributed by atoms with Gasteiger partial charge in [0.1, 0.15) is 0 Å². The number of hydrogen-bond acceptors (Lipinski definition) is 2. The molecule has 1 aliphatic heterocycles. The Balaban J connectivity index is 2.18. The second-order valence-corrected chi connectivity index (χ2v) is 4.19. The van der Waals surface area contributed by atoms with Gasteiger partial charge in [-0.15, -0.1) is 0 Å². The zero-order valence-corrected chi connectivity index (χ0v) is 9.07. The van der Waals surface area contributed by atoms with Crippen molar-refractivity contribution in [3.8, 4) is 0 Å². The number of hydrogen-bond donors (Lipinski definition) is 1. The maximum Gasteiger partial charge on any atom is 0.255 e. The molecule has 80 valence electrons. The molecule has 1 atom stereocenters. The number of nitrogens with two attached hydrogens (primary N) is 1. The minimum absolute atomic E-state index is 0.0199. The molecule has 0 radical (unpaired) electrons. The molecule has 15 heavy (non-hydrogen) atoms. The van der Waals surface area contributed by atoms with Crippen LogP contribution in [-0.2, 0) is 0 Å². The van der Waals surface area contributed by atoms with Crippen LogP contribution in [0, 0.1) is 0 Å². The standard InChI is InChI=1S/C11H13ClN2O/c12-10-4-2-1-3-9(10)11(15)14-6-5-8(13)7-14/h1-4,8H,5-7,13H2/t8-/m1/s1. The highest BCUT2D eigenvalue weighted by atomic mass is 35.5. The van der Waals surface area contributed by atoms with Gasteiger partial charge in [-0.1, -0.05) is 23.7 Å². The summed E-state index contributed by atoms with van der Waals surface area (Å²) in [4.78, 5) is 13.8. The van der Waals surface area contributed by atoms with Crippen LogP contribution in [0.3, 0.4) is 0 Å². The summed E-state index contributed by atoms with van der Waals surface area (Å²) in [6, 6.07) is 7.21. The number of benzene rings is 1. The molecule has 2 N–H and O–H groups in total. The summed E-state index contributed by atoms with van der Waals surface area (Å²) < 4.78 is 0. The lowest BCUT2D eigenvalue weighted by molar-refractivity contribution is 0.0791. The number of halogens is 1. The zero-order chi connectivity index (χ0) is 10.8. The van der Waals surface area contributed by atoms with Gasteiger partial charge in [0, 0.05) is 19.1 Å². The zero-order valence-electron chi connectivity index (χ0n) is 8.32. The summed E-state index contributed by atoms with van der Waals surface area (Å²) in [6.45, 7) is 1.36. The van der Waals surface area contributed by atoms with Crippen LogP contribution in [0.25, 0.3) is 0 Å². The van der Waals surface area contributed by atoms with E-state index in [0.717, 1.165) is 13.0 Å². The SMILES string of the molecule is N[C@@H]1CCN(C(=O)c2ccccc2Cl)C1. The van der Waals surface area contributed by atoms with Gasteiger partial charge in [0.15, 0.2) is 0 Å². The van der Waals surface area contributed by atoms with Gasteiger partial charge >= 0.3 is 0 Å². The van der Waals surface area contributed by atoms with Crippen molar-refractivity contribution < 1.29 is 4.79 Å². The second-order valence-electron chi connectivity index (χ2n) is 3.78. The second kappa shape index (κ2) is 4.21. The molecule has 1 saturated heterocycles. The number of nitrogens with zero attached hydrogens (tertiary/aromatic N) is 1. The van der Waals surface area contributed by atoms with Crippen molar-refractivity contribution in [2.24, 2.45) is 5.73 Å². The van der Waals surface area contributed by atoms with E-state index < -0.39 is 0 Å². The predicted octanol–water partition coefficient (Wildman–Crippen LogP) is 1.51. The van der Waals surface area contributed by atoms with Crippen molar-refractivity contribution in [2.45, 2.75) is 12.5 Å². The van der Waals surface area contributed by atoms with E-state index in [2.05, 4.69) is 0 Å². The summed E-state index contributed by atoms with van der Waals surface area (Å²) >= 11 is 5.96. The molecule has 1 aliphatic rings. The van der Waals surface area contributed by atoms with E-state index in [0.29, 0.717) is 17.1 Å². The van der Waals surface area contributed by atoms with Gasteiger partial charge in [0.2, 0.25) is 0 Å². The molecule has 3 nitrogen and oxygen atoms in total. The number of carbonyl (C=O) groups excluding carboxylic acids is 1. The average molecular weight is 225 g/mol. The first-order valence-electron chi connectivity index (χ1n) is 4.98. The predicted molar refractivity (Wildman–Crippen MR) is 59.9 cm³/mol. The quantitative estimate of drug-likeness (QED) is 0.786. The minimum atomic E-state index is -0.0199. The summed E-state index contributed by atoms with van der Waals surface area (Å²) in [6.07, 6.45) is 0.871. The van der Waals surface area contributed by atoms with Crippen molar-refractivity contribution >= 4 is 17.5 Å². The molecule has 1 amide bonds. The lowest BCUT2D eigenvalue weighted by Crippen LogP contribution is -2.32. The molecule has 2 rings (SSSR count). The lowest BCUT2D eigenvalue weighted by Gasteiger charge is -2.16. The molecule has 4 heteroatoms. The van der Waals surface area contributed by atoms with E-state index in [1.54, 1.807) is 17.0 Å². The van der Waals surface area contributed by atoms with Gasteiger partial charge in [0.25, 0.3) is 5.91 Å². The van der Waals surface area contributed by atoms with Gasteiger partial charge in [0.05, 0.1) is 10.6 Å². The van der Waals surface area contributed by atoms with E-state index in [-0.39, 0.29) is 11.9 Å². The maximum atomic E-state index is 12.0. The van der Waals surface area contributed by atoms with Gasteiger partial charge in [-0.2, -0.15) is 0 Å². The smallest absolute Gasteiger partial charge is 0.255 e. The van der Waals surface area contributed by atoms with Crippen LogP contribution in [0.2, 0.25) is 5.02 Å². The molecule has 0 aromatic heterocycles. The first kappa shape index (κ1) is 10.5. The Morgan fingerprint density at radius 2 is 2.20 bits per heavy atom. The fourth-order valence-corrected chi connectivity index (χ4v) is 1.99. The van der Waals surface area contributed by atoms with E-state index in [9.17, 15) is 4.79 Å². The maximum absolute atomic E-state index is 12.0. The Labute approximate surface area is 93.8 Å². The minimum Gasteiger partial charge on any atom is -0.337 e. The molecule has 0 spiro atoms.